The largest absolute Gasteiger partial charge is 0.481 e. The van der Waals surface area contributed by atoms with Crippen molar-refractivity contribution in [1.29, 1.82) is 0 Å². The van der Waals surface area contributed by atoms with E-state index in [1.165, 1.54) is 44.9 Å². The lowest BCUT2D eigenvalue weighted by Crippen LogP contribution is -2.37. The van der Waals surface area contributed by atoms with E-state index in [1.807, 2.05) is 0 Å². The summed E-state index contributed by atoms with van der Waals surface area (Å²) < 4.78 is 0. The van der Waals surface area contributed by atoms with Gasteiger partial charge in [0.25, 0.3) is 0 Å². The van der Waals surface area contributed by atoms with E-state index in [9.17, 15) is 9.59 Å². The number of aliphatic carboxylic acids is 2. The van der Waals surface area contributed by atoms with Crippen molar-refractivity contribution in [2.75, 3.05) is 26.4 Å². The number of aliphatic hydroxyl groups excluding tert-OH is 4. The van der Waals surface area contributed by atoms with E-state index < -0.39 is 43.8 Å². The zero-order chi connectivity index (χ0) is 24.4. The third kappa shape index (κ3) is 28.8. The minimum atomic E-state index is -1.11. The van der Waals surface area contributed by atoms with Crippen LogP contribution in [0.4, 0.5) is 0 Å². The summed E-state index contributed by atoms with van der Waals surface area (Å²) in [5.41, 5.74) is -1.11. The molecule has 0 heterocycles. The number of carboxylic acid groups (broad SMARTS) is 2. The summed E-state index contributed by atoms with van der Waals surface area (Å²) in [4.78, 5) is 20.1. The highest BCUT2D eigenvalue weighted by Crippen LogP contribution is 2.12. The normalized spacial score (nSPS) is 10.5. The third-order valence-electron chi connectivity index (χ3n) is 4.83. The second-order valence-corrected chi connectivity index (χ2v) is 7.96. The van der Waals surface area contributed by atoms with Gasteiger partial charge < -0.3 is 30.6 Å². The fourth-order valence-corrected chi connectivity index (χ4v) is 2.41. The molecule has 8 heteroatoms. The summed E-state index contributed by atoms with van der Waals surface area (Å²) in [7, 11) is 0. The van der Waals surface area contributed by atoms with Crippen LogP contribution in [0.3, 0.4) is 0 Å². The molecular formula is C23H48O8. The van der Waals surface area contributed by atoms with Crippen LogP contribution in [0.2, 0.25) is 0 Å². The first kappa shape index (κ1) is 34.4. The average Bonchev–Trinajstić information content (AvgIpc) is 2.76. The van der Waals surface area contributed by atoms with E-state index in [-0.39, 0.29) is 0 Å². The monoisotopic (exact) mass is 452 g/mol. The Hall–Kier alpha value is -1.22. The van der Waals surface area contributed by atoms with Gasteiger partial charge in [-0.05, 0) is 12.8 Å². The molecule has 0 rings (SSSR count). The van der Waals surface area contributed by atoms with E-state index in [2.05, 4.69) is 13.8 Å². The molecule has 0 aliphatic carbocycles. The smallest absolute Gasteiger partial charge is 0.303 e. The van der Waals surface area contributed by atoms with E-state index in [4.69, 9.17) is 30.6 Å². The minimum absolute atomic E-state index is 0.333. The van der Waals surface area contributed by atoms with Gasteiger partial charge in [0.2, 0.25) is 0 Å². The zero-order valence-electron chi connectivity index (χ0n) is 19.7. The number of hydrogen-bond acceptors (Lipinski definition) is 6. The third-order valence-corrected chi connectivity index (χ3v) is 4.83. The molecule has 0 aromatic heterocycles. The van der Waals surface area contributed by atoms with Crippen LogP contribution in [0.15, 0.2) is 0 Å². The number of unbranched alkanes of at least 4 members (excludes halogenated alkanes) is 10. The van der Waals surface area contributed by atoms with Crippen LogP contribution in [-0.4, -0.2) is 69.0 Å². The molecule has 0 aliphatic heterocycles. The second kappa shape index (κ2) is 26.8. The first-order valence-corrected chi connectivity index (χ1v) is 11.7. The Balaban J connectivity index is -0.000000390. The Bertz CT molecular complexity index is 366. The summed E-state index contributed by atoms with van der Waals surface area (Å²) >= 11 is 0. The Kier molecular flexibility index (Phi) is 29.8. The van der Waals surface area contributed by atoms with Gasteiger partial charge in [-0.2, -0.15) is 0 Å². The van der Waals surface area contributed by atoms with Gasteiger partial charge in [0.05, 0.1) is 31.8 Å². The molecule has 0 fully saturated rings. The number of aliphatic hydroxyl groups is 4. The number of carbonyl (C=O) groups is 2. The maximum atomic E-state index is 10.2. The molecule has 0 atom stereocenters. The molecule has 8 nitrogen and oxygen atoms in total. The zero-order valence-corrected chi connectivity index (χ0v) is 19.7. The maximum absolute atomic E-state index is 10.2. The van der Waals surface area contributed by atoms with Gasteiger partial charge in [-0.3, -0.25) is 9.59 Å². The standard InChI is InChI=1S/C11H22O2.C7H14O2.C5H12O4/c1-2-3-4-5-6-7-8-9-10-11(12)13;1-2-3-4-5-6-7(8)9;6-1-5(2-7,3-8)4-9/h2-10H2,1H3,(H,12,13);2-6H2,1H3,(H,8,9);6-9H,1-4H2. The van der Waals surface area contributed by atoms with Crippen molar-refractivity contribution >= 4 is 11.9 Å². The topological polar surface area (TPSA) is 156 Å². The van der Waals surface area contributed by atoms with Crippen molar-refractivity contribution < 1.29 is 40.2 Å². The first-order chi connectivity index (χ1) is 14.8. The fraction of sp³-hybridized carbons (Fsp3) is 0.913. The highest BCUT2D eigenvalue weighted by molar-refractivity contribution is 5.66. The van der Waals surface area contributed by atoms with Crippen LogP contribution < -0.4 is 0 Å². The van der Waals surface area contributed by atoms with Crippen molar-refractivity contribution in [2.45, 2.75) is 104 Å². The fourth-order valence-electron chi connectivity index (χ4n) is 2.41. The van der Waals surface area contributed by atoms with Crippen LogP contribution in [0.25, 0.3) is 0 Å². The number of carboxylic acids is 2. The molecule has 0 aliphatic rings. The van der Waals surface area contributed by atoms with Crippen LogP contribution >= 0.6 is 0 Å². The van der Waals surface area contributed by atoms with E-state index in [1.54, 1.807) is 0 Å². The van der Waals surface area contributed by atoms with Gasteiger partial charge in [-0.25, -0.2) is 0 Å². The Labute approximate surface area is 188 Å². The van der Waals surface area contributed by atoms with Crippen LogP contribution in [-0.2, 0) is 9.59 Å². The molecule has 0 spiro atoms. The second-order valence-electron chi connectivity index (χ2n) is 7.96. The molecule has 0 saturated carbocycles. The summed E-state index contributed by atoms with van der Waals surface area (Å²) in [6.07, 6.45) is 14.6. The van der Waals surface area contributed by atoms with Crippen molar-refractivity contribution in [3.05, 3.63) is 0 Å². The van der Waals surface area contributed by atoms with Crippen molar-refractivity contribution in [2.24, 2.45) is 5.41 Å². The molecule has 6 N–H and O–H groups in total. The van der Waals surface area contributed by atoms with Gasteiger partial charge >= 0.3 is 11.9 Å². The molecule has 0 saturated heterocycles. The van der Waals surface area contributed by atoms with Crippen LogP contribution in [0.1, 0.15) is 104 Å². The SMILES string of the molecule is CCCCCCC(=O)O.CCCCCCCCCCC(=O)O.OCC(CO)(CO)CO. The number of hydrogen-bond donors (Lipinski definition) is 6. The molecule has 0 aromatic carbocycles. The van der Waals surface area contributed by atoms with Gasteiger partial charge in [-0.15, -0.1) is 0 Å². The lowest BCUT2D eigenvalue weighted by Gasteiger charge is -2.23. The summed E-state index contributed by atoms with van der Waals surface area (Å²) in [6.45, 7) is 2.70. The maximum Gasteiger partial charge on any atom is 0.303 e. The Morgan fingerprint density at radius 3 is 1.00 bits per heavy atom. The molecule has 0 radical (unpaired) electrons. The van der Waals surface area contributed by atoms with Crippen LogP contribution in [0, 0.1) is 5.41 Å². The molecule has 0 unspecified atom stereocenters. The molecular weight excluding hydrogens is 404 g/mol. The highest BCUT2D eigenvalue weighted by Gasteiger charge is 2.26. The van der Waals surface area contributed by atoms with E-state index >= 15 is 0 Å². The Morgan fingerprint density at radius 1 is 0.516 bits per heavy atom. The van der Waals surface area contributed by atoms with Gasteiger partial charge in [0.15, 0.2) is 0 Å². The predicted molar refractivity (Wildman–Crippen MR) is 122 cm³/mol. The van der Waals surface area contributed by atoms with E-state index in [0.717, 1.165) is 32.1 Å². The molecule has 0 bridgehead atoms. The summed E-state index contributed by atoms with van der Waals surface area (Å²) in [5.74, 6) is -1.34. The van der Waals surface area contributed by atoms with Crippen molar-refractivity contribution in [1.82, 2.24) is 0 Å². The summed E-state index contributed by atoms with van der Waals surface area (Å²) in [5, 5.41) is 50.6. The average molecular weight is 453 g/mol. The molecule has 0 amide bonds. The predicted octanol–water partition coefficient (Wildman–Crippen LogP) is 3.59. The van der Waals surface area contributed by atoms with Gasteiger partial charge in [0.1, 0.15) is 0 Å². The quantitative estimate of drug-likeness (QED) is 0.172. The van der Waals surface area contributed by atoms with Crippen LogP contribution in [0.5, 0.6) is 0 Å². The minimum Gasteiger partial charge on any atom is -0.481 e. The van der Waals surface area contributed by atoms with Crippen molar-refractivity contribution in [3.63, 3.8) is 0 Å². The van der Waals surface area contributed by atoms with Gasteiger partial charge in [-0.1, -0.05) is 78.1 Å². The van der Waals surface area contributed by atoms with Crippen molar-refractivity contribution in [3.8, 4) is 0 Å². The van der Waals surface area contributed by atoms with Gasteiger partial charge in [0, 0.05) is 12.8 Å². The molecule has 31 heavy (non-hydrogen) atoms. The molecule has 0 aromatic rings. The molecule has 188 valence electrons. The lowest BCUT2D eigenvalue weighted by atomic mass is 9.93. The number of rotatable bonds is 18. The highest BCUT2D eigenvalue weighted by atomic mass is 16.4. The van der Waals surface area contributed by atoms with E-state index in [0.29, 0.717) is 12.8 Å². The lowest BCUT2D eigenvalue weighted by molar-refractivity contribution is -0.138. The summed E-state index contributed by atoms with van der Waals surface area (Å²) in [6, 6.07) is 0. The first-order valence-electron chi connectivity index (χ1n) is 11.7. The Morgan fingerprint density at radius 2 is 0.774 bits per heavy atom.